The zero-order chi connectivity index (χ0) is 16.0. The molecular formula is C19H21N5. The third kappa shape index (κ3) is 2.15. The van der Waals surface area contributed by atoms with Crippen molar-refractivity contribution in [1.82, 2.24) is 24.9 Å². The Labute approximate surface area is 141 Å². The summed E-state index contributed by atoms with van der Waals surface area (Å²) in [5.74, 6) is 0.840. The first-order valence-corrected chi connectivity index (χ1v) is 8.84. The first-order chi connectivity index (χ1) is 11.8. The maximum atomic E-state index is 4.73. The molecule has 2 saturated heterocycles. The van der Waals surface area contributed by atoms with E-state index in [0.717, 1.165) is 16.9 Å². The van der Waals surface area contributed by atoms with Gasteiger partial charge in [0, 0.05) is 18.2 Å². The van der Waals surface area contributed by atoms with Crippen LogP contribution < -0.4 is 0 Å². The molecule has 5 rings (SSSR count). The molecule has 3 aromatic rings. The molecule has 4 heterocycles. The van der Waals surface area contributed by atoms with Crippen molar-refractivity contribution in [2.24, 2.45) is 0 Å². The fourth-order valence-corrected chi connectivity index (χ4v) is 4.51. The number of nitrogens with zero attached hydrogens (tertiary/aromatic N) is 5. The van der Waals surface area contributed by atoms with E-state index in [1.807, 2.05) is 28.9 Å². The van der Waals surface area contributed by atoms with Gasteiger partial charge >= 0.3 is 0 Å². The van der Waals surface area contributed by atoms with Gasteiger partial charge in [-0.05, 0) is 62.5 Å². The molecule has 2 aromatic heterocycles. The van der Waals surface area contributed by atoms with Crippen LogP contribution in [0.15, 0.2) is 42.6 Å². The minimum absolute atomic E-state index is 0.312. The fourth-order valence-electron chi connectivity index (χ4n) is 4.51. The molecule has 0 spiro atoms. The van der Waals surface area contributed by atoms with Gasteiger partial charge in [0.25, 0.3) is 0 Å². The van der Waals surface area contributed by atoms with E-state index >= 15 is 0 Å². The Hall–Kier alpha value is -2.27. The molecule has 2 bridgehead atoms. The predicted octanol–water partition coefficient (Wildman–Crippen LogP) is 2.94. The van der Waals surface area contributed by atoms with Crippen molar-refractivity contribution >= 4 is 11.0 Å². The molecule has 1 aromatic carbocycles. The molecule has 0 atom stereocenters. The van der Waals surface area contributed by atoms with Crippen LogP contribution in [-0.2, 0) is 5.41 Å². The van der Waals surface area contributed by atoms with E-state index < -0.39 is 0 Å². The van der Waals surface area contributed by atoms with Crippen LogP contribution in [-0.4, -0.2) is 44.5 Å². The number of pyridine rings is 1. The third-order valence-electron chi connectivity index (χ3n) is 5.71. The lowest BCUT2D eigenvalue weighted by molar-refractivity contribution is 0.0940. The maximum absolute atomic E-state index is 4.73. The molecule has 2 fully saturated rings. The summed E-state index contributed by atoms with van der Waals surface area (Å²) < 4.78 is 1.82. The number of piperidine rings is 2. The van der Waals surface area contributed by atoms with E-state index in [1.165, 1.54) is 50.9 Å². The van der Waals surface area contributed by atoms with Crippen LogP contribution in [0.25, 0.3) is 16.9 Å². The van der Waals surface area contributed by atoms with Crippen LogP contribution in [0, 0.1) is 0 Å². The van der Waals surface area contributed by atoms with Gasteiger partial charge in [-0.25, -0.2) is 4.98 Å². The van der Waals surface area contributed by atoms with Gasteiger partial charge < -0.3 is 4.90 Å². The summed E-state index contributed by atoms with van der Waals surface area (Å²) in [6, 6.07) is 12.4. The summed E-state index contributed by atoms with van der Waals surface area (Å²) in [5.41, 5.74) is 3.60. The standard InChI is InChI=1S/C19H21N5/c1-2-6-17-16(5-1)21-22-24(17)18-8-7-15(13-20-18)19-9-3-11-23(14-19)12-4-10-19/h1-2,5-8,13H,3-4,9-12,14H2. The van der Waals surface area contributed by atoms with E-state index in [1.54, 1.807) is 0 Å². The molecule has 5 heteroatoms. The summed E-state index contributed by atoms with van der Waals surface area (Å²) in [4.78, 5) is 7.35. The third-order valence-corrected chi connectivity index (χ3v) is 5.71. The molecular weight excluding hydrogens is 298 g/mol. The van der Waals surface area contributed by atoms with Crippen molar-refractivity contribution in [3.05, 3.63) is 48.2 Å². The topological polar surface area (TPSA) is 46.8 Å². The van der Waals surface area contributed by atoms with Gasteiger partial charge in [0.2, 0.25) is 0 Å². The number of rotatable bonds is 2. The molecule has 24 heavy (non-hydrogen) atoms. The van der Waals surface area contributed by atoms with Crippen molar-refractivity contribution in [3.63, 3.8) is 0 Å². The van der Waals surface area contributed by atoms with Gasteiger partial charge in [-0.15, -0.1) is 5.10 Å². The summed E-state index contributed by atoms with van der Waals surface area (Å²) in [5, 5.41) is 8.49. The molecule has 2 aliphatic heterocycles. The van der Waals surface area contributed by atoms with Crippen molar-refractivity contribution in [2.75, 3.05) is 19.6 Å². The zero-order valence-corrected chi connectivity index (χ0v) is 13.7. The molecule has 0 amide bonds. The van der Waals surface area contributed by atoms with Gasteiger partial charge in [0.05, 0.1) is 5.52 Å². The fraction of sp³-hybridized carbons (Fsp3) is 0.421. The average molecular weight is 319 g/mol. The lowest BCUT2D eigenvalue weighted by Gasteiger charge is -2.47. The van der Waals surface area contributed by atoms with Gasteiger partial charge in [0.1, 0.15) is 5.52 Å². The van der Waals surface area contributed by atoms with Gasteiger partial charge in [-0.1, -0.05) is 23.4 Å². The van der Waals surface area contributed by atoms with E-state index in [2.05, 4.69) is 33.5 Å². The summed E-state index contributed by atoms with van der Waals surface area (Å²) >= 11 is 0. The molecule has 0 saturated carbocycles. The van der Waals surface area contributed by atoms with E-state index in [-0.39, 0.29) is 0 Å². The summed E-state index contributed by atoms with van der Waals surface area (Å²) in [6.45, 7) is 3.72. The quantitative estimate of drug-likeness (QED) is 0.728. The second-order valence-electron chi connectivity index (χ2n) is 7.16. The molecule has 122 valence electrons. The SMILES string of the molecule is c1ccc2c(c1)nnn2-c1ccc(C23CCCN(CCC2)C3)cn1. The number of benzene rings is 1. The van der Waals surface area contributed by atoms with Crippen LogP contribution in [0.5, 0.6) is 0 Å². The maximum Gasteiger partial charge on any atom is 0.155 e. The monoisotopic (exact) mass is 319 g/mol. The Balaban J connectivity index is 1.51. The number of hydrogen-bond acceptors (Lipinski definition) is 4. The average Bonchev–Trinajstić information content (AvgIpc) is 3.06. The second kappa shape index (κ2) is 5.38. The number of aromatic nitrogens is 4. The van der Waals surface area contributed by atoms with Crippen molar-refractivity contribution < 1.29 is 0 Å². The van der Waals surface area contributed by atoms with Crippen LogP contribution in [0.4, 0.5) is 0 Å². The van der Waals surface area contributed by atoms with Gasteiger partial charge in [0.15, 0.2) is 5.82 Å². The second-order valence-corrected chi connectivity index (χ2v) is 7.16. The minimum atomic E-state index is 0.312. The van der Waals surface area contributed by atoms with Gasteiger partial charge in [-0.3, -0.25) is 0 Å². The van der Waals surface area contributed by atoms with E-state index in [9.17, 15) is 0 Å². The highest BCUT2D eigenvalue weighted by Gasteiger charge is 2.39. The first kappa shape index (κ1) is 14.1. The highest BCUT2D eigenvalue weighted by atomic mass is 15.4. The molecule has 2 aliphatic rings. The molecule has 0 aliphatic carbocycles. The van der Waals surface area contributed by atoms with Crippen LogP contribution in [0.1, 0.15) is 31.2 Å². The van der Waals surface area contributed by atoms with Crippen molar-refractivity contribution in [2.45, 2.75) is 31.1 Å². The Morgan fingerprint density at radius 2 is 1.79 bits per heavy atom. The molecule has 0 N–H and O–H groups in total. The largest absolute Gasteiger partial charge is 0.302 e. The molecule has 5 nitrogen and oxygen atoms in total. The van der Waals surface area contributed by atoms with Crippen LogP contribution in [0.2, 0.25) is 0 Å². The molecule has 0 radical (unpaired) electrons. The number of para-hydroxylation sites is 1. The number of hydrogen-bond donors (Lipinski definition) is 0. The highest BCUT2D eigenvalue weighted by Crippen LogP contribution is 2.41. The van der Waals surface area contributed by atoms with Crippen LogP contribution in [0.3, 0.4) is 0 Å². The number of fused-ring (bicyclic) bond motifs is 3. The molecule has 0 unspecified atom stereocenters. The minimum Gasteiger partial charge on any atom is -0.302 e. The zero-order valence-electron chi connectivity index (χ0n) is 13.7. The highest BCUT2D eigenvalue weighted by molar-refractivity contribution is 5.75. The Bertz CT molecular complexity index is 857. The van der Waals surface area contributed by atoms with Crippen molar-refractivity contribution in [3.8, 4) is 5.82 Å². The van der Waals surface area contributed by atoms with Crippen LogP contribution >= 0.6 is 0 Å². The Morgan fingerprint density at radius 3 is 2.58 bits per heavy atom. The van der Waals surface area contributed by atoms with Gasteiger partial charge in [-0.2, -0.15) is 4.68 Å². The Morgan fingerprint density at radius 1 is 0.958 bits per heavy atom. The summed E-state index contributed by atoms with van der Waals surface area (Å²) in [7, 11) is 0. The first-order valence-electron chi connectivity index (χ1n) is 8.84. The Kier molecular flexibility index (Phi) is 3.16. The van der Waals surface area contributed by atoms with E-state index in [4.69, 9.17) is 4.98 Å². The normalized spacial score (nSPS) is 26.6. The van der Waals surface area contributed by atoms with E-state index in [0.29, 0.717) is 5.41 Å². The lowest BCUT2D eigenvalue weighted by Crippen LogP contribution is -2.50. The lowest BCUT2D eigenvalue weighted by atomic mass is 9.69. The predicted molar refractivity (Wildman–Crippen MR) is 93.2 cm³/mol. The van der Waals surface area contributed by atoms with Crippen molar-refractivity contribution in [1.29, 1.82) is 0 Å². The summed E-state index contributed by atoms with van der Waals surface area (Å²) in [6.07, 6.45) is 7.25. The smallest absolute Gasteiger partial charge is 0.155 e.